The van der Waals surface area contributed by atoms with E-state index in [4.69, 9.17) is 4.18 Å². The predicted molar refractivity (Wildman–Crippen MR) is 133 cm³/mol. The van der Waals surface area contributed by atoms with Gasteiger partial charge in [-0.3, -0.25) is 4.18 Å². The molecule has 4 saturated carbocycles. The zero-order chi connectivity index (χ0) is 23.3. The Morgan fingerprint density at radius 3 is 2.25 bits per heavy atom. The highest BCUT2D eigenvalue weighted by atomic mass is 32.2. The fraction of sp³-hybridized carbons (Fsp3) is 1.00. The molecule has 4 fully saturated rings. The van der Waals surface area contributed by atoms with E-state index in [2.05, 4.69) is 34.6 Å². The van der Waals surface area contributed by atoms with Gasteiger partial charge in [-0.25, -0.2) is 0 Å². The summed E-state index contributed by atoms with van der Waals surface area (Å²) in [6, 6.07) is 0. The van der Waals surface area contributed by atoms with Crippen LogP contribution >= 0.6 is 0 Å². The van der Waals surface area contributed by atoms with Crippen LogP contribution < -0.4 is 0 Å². The van der Waals surface area contributed by atoms with Gasteiger partial charge in [-0.15, -0.1) is 0 Å². The highest BCUT2D eigenvalue weighted by Crippen LogP contribution is 2.68. The first-order valence-electron chi connectivity index (χ1n) is 13.8. The maximum atomic E-state index is 11.7. The summed E-state index contributed by atoms with van der Waals surface area (Å²) in [5, 5.41) is 0. The molecule has 186 valence electrons. The minimum atomic E-state index is -3.35. The van der Waals surface area contributed by atoms with E-state index in [9.17, 15) is 8.42 Å². The molecule has 4 aliphatic carbocycles. The Labute approximate surface area is 199 Å². The van der Waals surface area contributed by atoms with Crippen molar-refractivity contribution in [3.05, 3.63) is 0 Å². The molecule has 0 amide bonds. The predicted octanol–water partition coefficient (Wildman–Crippen LogP) is 7.45. The van der Waals surface area contributed by atoms with Gasteiger partial charge in [-0.2, -0.15) is 8.42 Å². The molecule has 0 N–H and O–H groups in total. The van der Waals surface area contributed by atoms with Crippen molar-refractivity contribution in [2.24, 2.45) is 52.3 Å². The van der Waals surface area contributed by atoms with E-state index in [0.717, 1.165) is 54.8 Å². The van der Waals surface area contributed by atoms with Crippen LogP contribution in [0.15, 0.2) is 0 Å². The van der Waals surface area contributed by atoms with Crippen molar-refractivity contribution in [1.82, 2.24) is 0 Å². The summed E-state index contributed by atoms with van der Waals surface area (Å²) in [5.41, 5.74) is 0.945. The minimum absolute atomic E-state index is 0.0870. The van der Waals surface area contributed by atoms with Crippen molar-refractivity contribution in [3.8, 4) is 0 Å². The summed E-state index contributed by atoms with van der Waals surface area (Å²) in [4.78, 5) is 0. The lowest BCUT2D eigenvalue weighted by molar-refractivity contribution is -0.126. The van der Waals surface area contributed by atoms with Gasteiger partial charge in [0.2, 0.25) is 0 Å². The third kappa shape index (κ3) is 4.70. The van der Waals surface area contributed by atoms with Gasteiger partial charge in [0.25, 0.3) is 10.1 Å². The second kappa shape index (κ2) is 9.17. The standard InChI is InChI=1S/C28H50O3S/c1-19(2)8-7-9-20(3)24-12-13-25-23-11-10-21-18-22(31-32(6,29)30)14-16-27(21,4)26(23)15-17-28(24,25)5/h19-26H,7-18H2,1-6H3/t20-,21?,22?,23?,24?,25?,26?,27?,28?/m1/s1. The van der Waals surface area contributed by atoms with Crippen molar-refractivity contribution in [3.63, 3.8) is 0 Å². The Balaban J connectivity index is 1.43. The first kappa shape index (κ1) is 25.0. The Bertz CT molecular complexity index is 761. The Morgan fingerprint density at radius 1 is 0.875 bits per heavy atom. The van der Waals surface area contributed by atoms with E-state index in [1.165, 1.54) is 64.0 Å². The molecule has 3 nitrogen and oxygen atoms in total. The van der Waals surface area contributed by atoms with E-state index in [1.807, 2.05) is 0 Å². The van der Waals surface area contributed by atoms with E-state index in [-0.39, 0.29) is 6.10 Å². The molecule has 0 radical (unpaired) electrons. The first-order chi connectivity index (χ1) is 14.9. The minimum Gasteiger partial charge on any atom is -0.267 e. The third-order valence-corrected chi connectivity index (χ3v) is 11.8. The molecule has 9 atom stereocenters. The lowest BCUT2D eigenvalue weighted by Gasteiger charge is -2.61. The SMILES string of the molecule is CC(C)CCC[C@@H](C)C1CCC2C3CCC4CC(OS(C)(=O)=O)CCC4(C)C3CCC21C. The van der Waals surface area contributed by atoms with Gasteiger partial charge in [0, 0.05) is 0 Å². The van der Waals surface area contributed by atoms with Crippen molar-refractivity contribution < 1.29 is 12.6 Å². The van der Waals surface area contributed by atoms with Crippen molar-refractivity contribution >= 4 is 10.1 Å². The van der Waals surface area contributed by atoms with Crippen LogP contribution in [0.1, 0.15) is 112 Å². The topological polar surface area (TPSA) is 43.4 Å². The van der Waals surface area contributed by atoms with Gasteiger partial charge < -0.3 is 0 Å². The second-order valence-corrected chi connectivity index (χ2v) is 15.0. The van der Waals surface area contributed by atoms with Crippen molar-refractivity contribution in [2.45, 2.75) is 118 Å². The van der Waals surface area contributed by atoms with Crippen molar-refractivity contribution in [1.29, 1.82) is 0 Å². The largest absolute Gasteiger partial charge is 0.267 e. The Kier molecular flexibility index (Phi) is 7.17. The fourth-order valence-corrected chi connectivity index (χ4v) is 10.2. The molecule has 4 heteroatoms. The smallest absolute Gasteiger partial charge is 0.264 e. The van der Waals surface area contributed by atoms with E-state index < -0.39 is 10.1 Å². The highest BCUT2D eigenvalue weighted by molar-refractivity contribution is 7.86. The van der Waals surface area contributed by atoms with E-state index in [1.54, 1.807) is 0 Å². The summed E-state index contributed by atoms with van der Waals surface area (Å²) in [7, 11) is -3.35. The number of fused-ring (bicyclic) bond motifs is 5. The lowest BCUT2D eigenvalue weighted by Crippen LogP contribution is -2.54. The van der Waals surface area contributed by atoms with Gasteiger partial charge in [-0.05, 0) is 110 Å². The normalized spacial score (nSPS) is 45.2. The molecule has 0 saturated heterocycles. The first-order valence-corrected chi connectivity index (χ1v) is 15.6. The van der Waals surface area contributed by atoms with E-state index >= 15 is 0 Å². The average Bonchev–Trinajstić information content (AvgIpc) is 3.04. The van der Waals surface area contributed by atoms with Gasteiger partial charge in [-0.1, -0.05) is 53.9 Å². The van der Waals surface area contributed by atoms with Crippen molar-refractivity contribution in [2.75, 3.05) is 6.26 Å². The summed E-state index contributed by atoms with van der Waals surface area (Å²) in [6.07, 6.45) is 16.7. The van der Waals surface area contributed by atoms with Gasteiger partial charge in [0.05, 0.1) is 12.4 Å². The molecule has 0 aromatic rings. The molecule has 4 rings (SSSR count). The van der Waals surface area contributed by atoms with Crippen LogP contribution in [0.25, 0.3) is 0 Å². The average molecular weight is 467 g/mol. The molecule has 0 heterocycles. The summed E-state index contributed by atoms with van der Waals surface area (Å²) in [6.45, 7) is 12.5. The maximum absolute atomic E-state index is 11.7. The molecule has 8 unspecified atom stereocenters. The Hall–Kier alpha value is -0.0900. The van der Waals surface area contributed by atoms with E-state index in [0.29, 0.717) is 16.7 Å². The monoisotopic (exact) mass is 466 g/mol. The van der Waals surface area contributed by atoms with Crippen LogP contribution in [0.4, 0.5) is 0 Å². The van der Waals surface area contributed by atoms with Crippen LogP contribution in [0.2, 0.25) is 0 Å². The van der Waals surface area contributed by atoms with Gasteiger partial charge >= 0.3 is 0 Å². The zero-order valence-electron chi connectivity index (χ0n) is 21.7. The molecule has 0 aromatic carbocycles. The molecular formula is C28H50O3S. The number of hydrogen-bond donors (Lipinski definition) is 0. The van der Waals surface area contributed by atoms with Crippen LogP contribution in [-0.2, 0) is 14.3 Å². The summed E-state index contributed by atoms with van der Waals surface area (Å²) >= 11 is 0. The zero-order valence-corrected chi connectivity index (χ0v) is 22.6. The van der Waals surface area contributed by atoms with Crippen LogP contribution in [-0.4, -0.2) is 20.8 Å². The second-order valence-electron chi connectivity index (χ2n) is 13.4. The van der Waals surface area contributed by atoms with Crippen LogP contribution in [0.5, 0.6) is 0 Å². The maximum Gasteiger partial charge on any atom is 0.264 e. The fourth-order valence-electron chi connectivity index (χ4n) is 9.58. The molecule has 32 heavy (non-hydrogen) atoms. The van der Waals surface area contributed by atoms with Gasteiger partial charge in [0.15, 0.2) is 0 Å². The third-order valence-electron chi connectivity index (χ3n) is 11.1. The summed E-state index contributed by atoms with van der Waals surface area (Å²) in [5.74, 6) is 5.92. The molecule has 0 aliphatic heterocycles. The number of rotatable bonds is 7. The molecule has 0 aromatic heterocycles. The summed E-state index contributed by atoms with van der Waals surface area (Å²) < 4.78 is 28.8. The molecular weight excluding hydrogens is 416 g/mol. The van der Waals surface area contributed by atoms with Gasteiger partial charge in [0.1, 0.15) is 0 Å². The highest BCUT2D eigenvalue weighted by Gasteiger charge is 2.60. The van der Waals surface area contributed by atoms with Crippen LogP contribution in [0, 0.1) is 52.3 Å². The lowest BCUT2D eigenvalue weighted by atomic mass is 9.44. The Morgan fingerprint density at radius 2 is 1.56 bits per heavy atom. The van der Waals surface area contributed by atoms with Crippen LogP contribution in [0.3, 0.4) is 0 Å². The number of hydrogen-bond acceptors (Lipinski definition) is 3. The molecule has 0 spiro atoms. The molecule has 0 bridgehead atoms. The quantitative estimate of drug-likeness (QED) is 0.366. The molecule has 4 aliphatic rings.